The Morgan fingerprint density at radius 3 is 2.33 bits per heavy atom. The van der Waals surface area contributed by atoms with E-state index in [1.165, 1.54) is 0 Å². The fraction of sp³-hybridized carbons (Fsp3) is 0.455. The molecule has 0 saturated carbocycles. The van der Waals surface area contributed by atoms with Crippen LogP contribution in [0, 0.1) is 0 Å². The number of hydrogen-bond acceptors (Lipinski definition) is 6. The molecule has 0 aliphatic carbocycles. The van der Waals surface area contributed by atoms with Gasteiger partial charge in [0.2, 0.25) is 11.9 Å². The van der Waals surface area contributed by atoms with Gasteiger partial charge in [0.15, 0.2) is 0 Å². The van der Waals surface area contributed by atoms with Crippen molar-refractivity contribution in [1.29, 1.82) is 0 Å². The van der Waals surface area contributed by atoms with Gasteiger partial charge in [0, 0.05) is 50.9 Å². The highest BCUT2D eigenvalue weighted by atomic mass is 16.5. The predicted molar refractivity (Wildman–Crippen MR) is 115 cm³/mol. The molecule has 2 aromatic rings. The van der Waals surface area contributed by atoms with Crippen LogP contribution in [-0.4, -0.2) is 65.6 Å². The highest BCUT2D eigenvalue weighted by Gasteiger charge is 2.22. The Morgan fingerprint density at radius 1 is 1.07 bits per heavy atom. The SMILES string of the molecule is CCOC(CC)C(=O)Nc1ccc(CC(=O)N2CCN(c3ncccn3)CC2)cc1. The standard InChI is InChI=1S/C22H29N5O3/c1-3-19(30-4-2)21(29)25-18-8-6-17(7-9-18)16-20(28)26-12-14-27(15-13-26)22-23-10-5-11-24-22/h5-11,19H,3-4,12-16H2,1-2H3,(H,25,29). The van der Waals surface area contributed by atoms with Crippen LogP contribution in [0.2, 0.25) is 0 Å². The van der Waals surface area contributed by atoms with E-state index in [4.69, 9.17) is 4.74 Å². The Balaban J connectivity index is 1.48. The first-order chi connectivity index (χ1) is 14.6. The number of benzene rings is 1. The van der Waals surface area contributed by atoms with Crippen molar-refractivity contribution in [1.82, 2.24) is 14.9 Å². The van der Waals surface area contributed by atoms with Crippen molar-refractivity contribution >= 4 is 23.5 Å². The average molecular weight is 412 g/mol. The van der Waals surface area contributed by atoms with Gasteiger partial charge in [-0.25, -0.2) is 9.97 Å². The maximum absolute atomic E-state index is 12.7. The second-order valence-electron chi connectivity index (χ2n) is 7.13. The molecule has 0 bridgehead atoms. The molecule has 1 saturated heterocycles. The maximum atomic E-state index is 12.7. The van der Waals surface area contributed by atoms with Gasteiger partial charge in [-0.3, -0.25) is 9.59 Å². The minimum atomic E-state index is -0.448. The van der Waals surface area contributed by atoms with Gasteiger partial charge in [0.1, 0.15) is 6.10 Å². The predicted octanol–water partition coefficient (Wildman–Crippen LogP) is 2.12. The molecule has 1 fully saturated rings. The lowest BCUT2D eigenvalue weighted by atomic mass is 10.1. The summed E-state index contributed by atoms with van der Waals surface area (Å²) in [6.45, 7) is 7.04. The lowest BCUT2D eigenvalue weighted by Crippen LogP contribution is -2.49. The number of piperazine rings is 1. The van der Waals surface area contributed by atoms with Crippen LogP contribution in [0.15, 0.2) is 42.7 Å². The van der Waals surface area contributed by atoms with E-state index in [1.54, 1.807) is 18.5 Å². The molecule has 8 heteroatoms. The van der Waals surface area contributed by atoms with Crippen LogP contribution in [-0.2, 0) is 20.7 Å². The van der Waals surface area contributed by atoms with Crippen molar-refractivity contribution in [2.24, 2.45) is 0 Å². The molecule has 1 unspecified atom stereocenters. The fourth-order valence-electron chi connectivity index (χ4n) is 3.41. The van der Waals surface area contributed by atoms with Gasteiger partial charge in [-0.1, -0.05) is 19.1 Å². The zero-order valence-electron chi connectivity index (χ0n) is 17.6. The summed E-state index contributed by atoms with van der Waals surface area (Å²) in [4.78, 5) is 37.4. The van der Waals surface area contributed by atoms with Crippen LogP contribution < -0.4 is 10.2 Å². The van der Waals surface area contributed by atoms with Crippen molar-refractivity contribution in [3.05, 3.63) is 48.3 Å². The van der Waals surface area contributed by atoms with Gasteiger partial charge in [0.05, 0.1) is 6.42 Å². The third kappa shape index (κ3) is 5.76. The molecule has 1 aromatic carbocycles. The summed E-state index contributed by atoms with van der Waals surface area (Å²) >= 11 is 0. The van der Waals surface area contributed by atoms with Crippen molar-refractivity contribution < 1.29 is 14.3 Å². The summed E-state index contributed by atoms with van der Waals surface area (Å²) in [5.41, 5.74) is 1.62. The summed E-state index contributed by atoms with van der Waals surface area (Å²) in [5, 5.41) is 2.87. The van der Waals surface area contributed by atoms with E-state index < -0.39 is 6.10 Å². The summed E-state index contributed by atoms with van der Waals surface area (Å²) in [6, 6.07) is 9.20. The van der Waals surface area contributed by atoms with E-state index >= 15 is 0 Å². The van der Waals surface area contributed by atoms with Crippen molar-refractivity contribution in [3.8, 4) is 0 Å². The third-order valence-corrected chi connectivity index (χ3v) is 5.08. The fourth-order valence-corrected chi connectivity index (χ4v) is 3.41. The second-order valence-corrected chi connectivity index (χ2v) is 7.13. The summed E-state index contributed by atoms with van der Waals surface area (Å²) < 4.78 is 5.43. The monoisotopic (exact) mass is 411 g/mol. The molecule has 0 spiro atoms. The Hall–Kier alpha value is -3.00. The van der Waals surface area contributed by atoms with Gasteiger partial charge >= 0.3 is 0 Å². The van der Waals surface area contributed by atoms with E-state index in [0.29, 0.717) is 44.2 Å². The van der Waals surface area contributed by atoms with E-state index in [9.17, 15) is 9.59 Å². The molecule has 1 aliphatic rings. The zero-order valence-corrected chi connectivity index (χ0v) is 17.6. The largest absolute Gasteiger partial charge is 0.369 e. The van der Waals surface area contributed by atoms with Gasteiger partial charge in [-0.05, 0) is 37.1 Å². The molecule has 2 amide bonds. The summed E-state index contributed by atoms with van der Waals surface area (Å²) in [7, 11) is 0. The molecule has 1 aliphatic heterocycles. The second kappa shape index (κ2) is 10.7. The normalized spacial score (nSPS) is 15.0. The number of carbonyl (C=O) groups excluding carboxylic acids is 2. The van der Waals surface area contributed by atoms with E-state index in [0.717, 1.165) is 18.7 Å². The van der Waals surface area contributed by atoms with Crippen LogP contribution >= 0.6 is 0 Å². The van der Waals surface area contributed by atoms with E-state index in [1.807, 2.05) is 43.0 Å². The first-order valence-corrected chi connectivity index (χ1v) is 10.4. The Bertz CT molecular complexity index is 820. The van der Waals surface area contributed by atoms with E-state index in [2.05, 4.69) is 20.2 Å². The molecule has 8 nitrogen and oxygen atoms in total. The van der Waals surface area contributed by atoms with Crippen molar-refractivity contribution in [2.45, 2.75) is 32.8 Å². The van der Waals surface area contributed by atoms with Gasteiger partial charge in [0.25, 0.3) is 5.91 Å². The number of nitrogens with one attached hydrogen (secondary N) is 1. The van der Waals surface area contributed by atoms with E-state index in [-0.39, 0.29) is 11.8 Å². The molecule has 2 heterocycles. The number of aromatic nitrogens is 2. The number of hydrogen-bond donors (Lipinski definition) is 1. The Labute approximate surface area is 177 Å². The van der Waals surface area contributed by atoms with Gasteiger partial charge in [-0.15, -0.1) is 0 Å². The van der Waals surface area contributed by atoms with Gasteiger partial charge < -0.3 is 19.9 Å². The smallest absolute Gasteiger partial charge is 0.253 e. The van der Waals surface area contributed by atoms with Crippen molar-refractivity contribution in [2.75, 3.05) is 43.0 Å². The van der Waals surface area contributed by atoms with Gasteiger partial charge in [-0.2, -0.15) is 0 Å². The zero-order chi connectivity index (χ0) is 21.3. The van der Waals surface area contributed by atoms with Crippen molar-refractivity contribution in [3.63, 3.8) is 0 Å². The van der Waals surface area contributed by atoms with Crippen LogP contribution in [0.25, 0.3) is 0 Å². The topological polar surface area (TPSA) is 87.7 Å². The molecule has 0 radical (unpaired) electrons. The molecule has 3 rings (SSSR count). The summed E-state index contributed by atoms with van der Waals surface area (Å²) in [6.07, 6.45) is 3.97. The Kier molecular flexibility index (Phi) is 7.73. The molecule has 1 aromatic heterocycles. The third-order valence-electron chi connectivity index (χ3n) is 5.08. The highest BCUT2D eigenvalue weighted by molar-refractivity contribution is 5.94. The average Bonchev–Trinajstić information content (AvgIpc) is 2.79. The molecule has 160 valence electrons. The van der Waals surface area contributed by atoms with Crippen LogP contribution in [0.5, 0.6) is 0 Å². The lowest BCUT2D eigenvalue weighted by Gasteiger charge is -2.34. The number of amides is 2. The first kappa shape index (κ1) is 21.7. The molecular formula is C22H29N5O3. The van der Waals surface area contributed by atoms with Crippen LogP contribution in [0.3, 0.4) is 0 Å². The minimum absolute atomic E-state index is 0.0998. The summed E-state index contributed by atoms with van der Waals surface area (Å²) in [5.74, 6) is 0.656. The number of carbonyl (C=O) groups is 2. The minimum Gasteiger partial charge on any atom is -0.369 e. The highest BCUT2D eigenvalue weighted by Crippen LogP contribution is 2.14. The molecule has 1 N–H and O–H groups in total. The van der Waals surface area contributed by atoms with Crippen LogP contribution in [0.4, 0.5) is 11.6 Å². The number of nitrogens with zero attached hydrogens (tertiary/aromatic N) is 4. The molecule has 30 heavy (non-hydrogen) atoms. The maximum Gasteiger partial charge on any atom is 0.253 e. The molecular weight excluding hydrogens is 382 g/mol. The number of anilines is 2. The quantitative estimate of drug-likeness (QED) is 0.716. The van der Waals surface area contributed by atoms with Crippen LogP contribution in [0.1, 0.15) is 25.8 Å². The molecule has 1 atom stereocenters. The lowest BCUT2D eigenvalue weighted by molar-refractivity contribution is -0.130. The first-order valence-electron chi connectivity index (χ1n) is 10.4. The number of rotatable bonds is 8. The Morgan fingerprint density at radius 2 is 1.73 bits per heavy atom. The number of ether oxygens (including phenoxy) is 1.